The molecule has 1 fully saturated rings. The third kappa shape index (κ3) is 14.5. The largest absolute Gasteiger partial charge is 0.0683 e. The number of hydrogen-bond donors (Lipinski definition) is 0. The van der Waals surface area contributed by atoms with Crippen LogP contribution in [0.2, 0.25) is 0 Å². The van der Waals surface area contributed by atoms with Gasteiger partial charge in [0, 0.05) is 0 Å². The zero-order valence-corrected chi connectivity index (χ0v) is 11.2. The fourth-order valence-electron chi connectivity index (χ4n) is 1.66. The summed E-state index contributed by atoms with van der Waals surface area (Å²) in [6.07, 6.45) is 11.5. The van der Waals surface area contributed by atoms with Crippen LogP contribution in [0.15, 0.2) is 0 Å². The van der Waals surface area contributed by atoms with Gasteiger partial charge >= 0.3 is 0 Å². The molecule has 14 heavy (non-hydrogen) atoms. The molecule has 0 bridgehead atoms. The van der Waals surface area contributed by atoms with Gasteiger partial charge in [0.1, 0.15) is 0 Å². The molecular weight excluding hydrogens is 168 g/mol. The minimum absolute atomic E-state index is 1.04. The molecule has 0 saturated heterocycles. The maximum absolute atomic E-state index is 2.36. The average Bonchev–Trinajstić information content (AvgIpc) is 2.24. The van der Waals surface area contributed by atoms with Crippen LogP contribution in [0.5, 0.6) is 0 Å². The molecule has 0 aromatic rings. The van der Waals surface area contributed by atoms with Gasteiger partial charge in [0.05, 0.1) is 0 Å². The minimum atomic E-state index is 1.04. The number of rotatable bonds is 2. The second kappa shape index (κ2) is 15.5. The van der Waals surface area contributed by atoms with Crippen LogP contribution in [0, 0.1) is 5.92 Å². The molecule has 0 N–H and O–H groups in total. The van der Waals surface area contributed by atoms with Crippen molar-refractivity contribution >= 4 is 0 Å². The smallest absolute Gasteiger partial charge is 0.0443 e. The molecule has 0 radical (unpaired) electrons. The lowest BCUT2D eigenvalue weighted by Crippen LogP contribution is -1.99. The summed E-state index contributed by atoms with van der Waals surface area (Å²) in [6.45, 7) is 10.8. The van der Waals surface area contributed by atoms with Gasteiger partial charge in [-0.1, -0.05) is 86.0 Å². The molecule has 88 valence electrons. The van der Waals surface area contributed by atoms with Gasteiger partial charge in [-0.25, -0.2) is 0 Å². The highest BCUT2D eigenvalue weighted by atomic mass is 14.1. The predicted octanol–water partition coefficient (Wildman–Crippen LogP) is 5.81. The highest BCUT2D eigenvalue weighted by Gasteiger charge is 2.05. The lowest BCUT2D eigenvalue weighted by Gasteiger charge is -2.15. The molecule has 0 atom stereocenters. The van der Waals surface area contributed by atoms with Gasteiger partial charge in [-0.2, -0.15) is 0 Å². The van der Waals surface area contributed by atoms with E-state index < -0.39 is 0 Å². The summed E-state index contributed by atoms with van der Waals surface area (Å²) in [5.74, 6) is 1.04. The first-order valence-corrected chi connectivity index (χ1v) is 6.81. The molecule has 0 amide bonds. The molecule has 1 saturated carbocycles. The van der Waals surface area contributed by atoms with Gasteiger partial charge in [-0.15, -0.1) is 0 Å². The SMILES string of the molecule is CC.CC1CCCCC1.CCCCC. The van der Waals surface area contributed by atoms with Gasteiger partial charge in [-0.3, -0.25) is 0 Å². The van der Waals surface area contributed by atoms with Crippen molar-refractivity contribution < 1.29 is 0 Å². The summed E-state index contributed by atoms with van der Waals surface area (Å²) in [5, 5.41) is 0. The standard InChI is InChI=1S/C7H14.C5H12.C2H6/c1-7-5-3-2-4-6-7;1-3-5-4-2;1-2/h7H,2-6H2,1H3;3-5H2,1-2H3;1-2H3. The monoisotopic (exact) mass is 200 g/mol. The number of unbranched alkanes of at least 4 members (excludes halogenated alkanes) is 2. The molecule has 0 heterocycles. The van der Waals surface area contributed by atoms with Crippen molar-refractivity contribution in [2.45, 2.75) is 86.0 Å². The third-order valence-corrected chi connectivity index (χ3v) is 2.60. The van der Waals surface area contributed by atoms with E-state index >= 15 is 0 Å². The molecule has 0 aromatic heterocycles. The van der Waals surface area contributed by atoms with Crippen LogP contribution in [0.3, 0.4) is 0 Å². The Morgan fingerprint density at radius 2 is 1.29 bits per heavy atom. The van der Waals surface area contributed by atoms with Crippen molar-refractivity contribution in [3.05, 3.63) is 0 Å². The van der Waals surface area contributed by atoms with E-state index in [0.717, 1.165) is 5.92 Å². The first-order chi connectivity index (χ1) is 6.81. The van der Waals surface area contributed by atoms with Gasteiger partial charge in [-0.05, 0) is 5.92 Å². The number of hydrogen-bond acceptors (Lipinski definition) is 0. The van der Waals surface area contributed by atoms with E-state index in [4.69, 9.17) is 0 Å². The molecule has 0 heteroatoms. The minimum Gasteiger partial charge on any atom is -0.0683 e. The van der Waals surface area contributed by atoms with Crippen LogP contribution < -0.4 is 0 Å². The van der Waals surface area contributed by atoms with Crippen molar-refractivity contribution in [3.63, 3.8) is 0 Å². The van der Waals surface area contributed by atoms with E-state index in [0.29, 0.717) is 0 Å². The Bertz CT molecular complexity index is 68.1. The molecule has 1 rings (SSSR count). The molecule has 0 aromatic carbocycles. The molecule has 0 nitrogen and oxygen atoms in total. The summed E-state index contributed by atoms with van der Waals surface area (Å²) >= 11 is 0. The van der Waals surface area contributed by atoms with Gasteiger partial charge < -0.3 is 0 Å². The van der Waals surface area contributed by atoms with E-state index in [1.165, 1.54) is 51.4 Å². The summed E-state index contributed by atoms with van der Waals surface area (Å²) in [5.41, 5.74) is 0. The quantitative estimate of drug-likeness (QED) is 0.527. The summed E-state index contributed by atoms with van der Waals surface area (Å²) < 4.78 is 0. The average molecular weight is 200 g/mol. The van der Waals surface area contributed by atoms with Crippen molar-refractivity contribution in [1.29, 1.82) is 0 Å². The summed E-state index contributed by atoms with van der Waals surface area (Å²) in [7, 11) is 0. The Balaban J connectivity index is 0. The zero-order valence-electron chi connectivity index (χ0n) is 11.2. The lowest BCUT2D eigenvalue weighted by molar-refractivity contribution is 0.385. The van der Waals surface area contributed by atoms with Crippen LogP contribution in [0.4, 0.5) is 0 Å². The van der Waals surface area contributed by atoms with E-state index in [-0.39, 0.29) is 0 Å². The van der Waals surface area contributed by atoms with Crippen molar-refractivity contribution in [1.82, 2.24) is 0 Å². The fourth-order valence-corrected chi connectivity index (χ4v) is 1.66. The Labute approximate surface area is 92.5 Å². The van der Waals surface area contributed by atoms with Crippen molar-refractivity contribution in [2.75, 3.05) is 0 Å². The molecule has 1 aliphatic rings. The zero-order chi connectivity index (χ0) is 11.2. The van der Waals surface area contributed by atoms with Gasteiger partial charge in [0.15, 0.2) is 0 Å². The fraction of sp³-hybridized carbons (Fsp3) is 1.00. The lowest BCUT2D eigenvalue weighted by atomic mass is 9.91. The van der Waals surface area contributed by atoms with Crippen molar-refractivity contribution in [2.24, 2.45) is 5.92 Å². The second-order valence-electron chi connectivity index (χ2n) is 4.10. The van der Waals surface area contributed by atoms with E-state index in [2.05, 4.69) is 20.8 Å². The molecule has 0 aliphatic heterocycles. The summed E-state index contributed by atoms with van der Waals surface area (Å²) in [6, 6.07) is 0. The maximum atomic E-state index is 2.36. The summed E-state index contributed by atoms with van der Waals surface area (Å²) in [4.78, 5) is 0. The van der Waals surface area contributed by atoms with Crippen LogP contribution in [0.1, 0.15) is 86.0 Å². The normalized spacial score (nSPS) is 16.1. The first-order valence-electron chi connectivity index (χ1n) is 6.81. The maximum Gasteiger partial charge on any atom is -0.0443 e. The predicted molar refractivity (Wildman–Crippen MR) is 68.8 cm³/mol. The Hall–Kier alpha value is 0. The highest BCUT2D eigenvalue weighted by molar-refractivity contribution is 4.59. The second-order valence-corrected chi connectivity index (χ2v) is 4.10. The molecular formula is C14H32. The van der Waals surface area contributed by atoms with Gasteiger partial charge in [0.2, 0.25) is 0 Å². The van der Waals surface area contributed by atoms with Crippen LogP contribution in [-0.2, 0) is 0 Å². The Morgan fingerprint density at radius 1 is 0.857 bits per heavy atom. The Morgan fingerprint density at radius 3 is 1.43 bits per heavy atom. The first kappa shape index (κ1) is 16.4. The van der Waals surface area contributed by atoms with Crippen LogP contribution >= 0.6 is 0 Å². The Kier molecular flexibility index (Phi) is 18.2. The van der Waals surface area contributed by atoms with Gasteiger partial charge in [0.25, 0.3) is 0 Å². The molecule has 0 spiro atoms. The van der Waals surface area contributed by atoms with E-state index in [1.54, 1.807) is 0 Å². The third-order valence-electron chi connectivity index (χ3n) is 2.60. The molecule has 1 aliphatic carbocycles. The van der Waals surface area contributed by atoms with Crippen LogP contribution in [0.25, 0.3) is 0 Å². The van der Waals surface area contributed by atoms with E-state index in [1.807, 2.05) is 13.8 Å². The van der Waals surface area contributed by atoms with E-state index in [9.17, 15) is 0 Å². The van der Waals surface area contributed by atoms with Crippen molar-refractivity contribution in [3.8, 4) is 0 Å². The van der Waals surface area contributed by atoms with Crippen LogP contribution in [-0.4, -0.2) is 0 Å². The molecule has 0 unspecified atom stereocenters. The topological polar surface area (TPSA) is 0 Å². The highest BCUT2D eigenvalue weighted by Crippen LogP contribution is 2.22.